The first-order valence-electron chi connectivity index (χ1n) is 13.4. The lowest BCUT2D eigenvalue weighted by Crippen LogP contribution is -2.56. The zero-order valence-electron chi connectivity index (χ0n) is 23.0. The summed E-state index contributed by atoms with van der Waals surface area (Å²) in [5.41, 5.74) is 9.34. The van der Waals surface area contributed by atoms with Crippen molar-refractivity contribution in [1.29, 1.82) is 0 Å². The summed E-state index contributed by atoms with van der Waals surface area (Å²) < 4.78 is 15.4. The number of carbonyl (C=O) groups is 2. The lowest BCUT2D eigenvalue weighted by molar-refractivity contribution is -0.123. The van der Waals surface area contributed by atoms with Crippen molar-refractivity contribution in [1.82, 2.24) is 29.8 Å². The summed E-state index contributed by atoms with van der Waals surface area (Å²) in [5.74, 6) is -0.179. The van der Waals surface area contributed by atoms with Gasteiger partial charge in [0.2, 0.25) is 11.8 Å². The van der Waals surface area contributed by atoms with Crippen molar-refractivity contribution >= 4 is 34.6 Å². The van der Waals surface area contributed by atoms with E-state index < -0.39 is 5.91 Å². The predicted octanol–water partition coefficient (Wildman–Crippen LogP) is 3.36. The third-order valence-corrected chi connectivity index (χ3v) is 8.52. The van der Waals surface area contributed by atoms with Gasteiger partial charge in [0.05, 0.1) is 28.0 Å². The van der Waals surface area contributed by atoms with Gasteiger partial charge in [-0.25, -0.2) is 14.5 Å². The van der Waals surface area contributed by atoms with Crippen molar-refractivity contribution in [3.63, 3.8) is 0 Å². The SMILES string of the molecule is CCN(CC)[C@@H](C)Cc1c(C(N)=O)cc(N2CC[C@H]2C(=O)NC)nc1-c1cnn2ccc(-c3ccc(F)s3)nc12. The largest absolute Gasteiger partial charge is 0.366 e. The van der Waals surface area contributed by atoms with Gasteiger partial charge in [0.15, 0.2) is 10.8 Å². The summed E-state index contributed by atoms with van der Waals surface area (Å²) in [6.45, 7) is 8.65. The fourth-order valence-corrected chi connectivity index (χ4v) is 6.05. The Morgan fingerprint density at radius 2 is 2.02 bits per heavy atom. The van der Waals surface area contributed by atoms with E-state index in [9.17, 15) is 14.0 Å². The summed E-state index contributed by atoms with van der Waals surface area (Å²) >= 11 is 1.02. The average molecular weight is 565 g/mol. The highest BCUT2D eigenvalue weighted by Gasteiger charge is 2.36. The molecule has 5 heterocycles. The van der Waals surface area contributed by atoms with Gasteiger partial charge in [-0.15, -0.1) is 11.3 Å². The second kappa shape index (κ2) is 11.3. The van der Waals surface area contributed by atoms with Gasteiger partial charge in [-0.3, -0.25) is 9.59 Å². The number of anilines is 1. The number of nitrogens with two attached hydrogens (primary N) is 1. The van der Waals surface area contributed by atoms with Crippen molar-refractivity contribution < 1.29 is 14.0 Å². The van der Waals surface area contributed by atoms with Crippen LogP contribution in [0.25, 0.3) is 27.5 Å². The molecule has 0 spiro atoms. The number of nitrogens with one attached hydrogen (secondary N) is 1. The number of likely N-dealkylation sites (N-methyl/N-ethyl adjacent to an activating group) is 2. The molecule has 0 aliphatic carbocycles. The Balaban J connectivity index is 1.71. The lowest BCUT2D eigenvalue weighted by Gasteiger charge is -2.41. The first-order chi connectivity index (χ1) is 19.2. The van der Waals surface area contributed by atoms with Crippen LogP contribution in [-0.4, -0.2) is 75.1 Å². The number of amides is 2. The second-order valence-electron chi connectivity index (χ2n) is 9.85. The number of pyridine rings is 1. The van der Waals surface area contributed by atoms with Crippen LogP contribution in [0, 0.1) is 5.13 Å². The van der Waals surface area contributed by atoms with Crippen LogP contribution in [-0.2, 0) is 11.2 Å². The van der Waals surface area contributed by atoms with E-state index in [0.29, 0.717) is 63.8 Å². The Bertz CT molecular complexity index is 1560. The number of carbonyl (C=O) groups excluding carboxylic acids is 2. The van der Waals surface area contributed by atoms with Crippen LogP contribution in [0.5, 0.6) is 0 Å². The normalized spacial score (nSPS) is 15.8. The minimum atomic E-state index is -0.567. The quantitative estimate of drug-likeness (QED) is 0.303. The van der Waals surface area contributed by atoms with Crippen LogP contribution in [0.1, 0.15) is 43.1 Å². The number of rotatable bonds is 10. The Kier molecular flexibility index (Phi) is 7.81. The summed E-state index contributed by atoms with van der Waals surface area (Å²) in [6.07, 6.45) is 4.65. The second-order valence-corrected chi connectivity index (χ2v) is 10.9. The van der Waals surface area contributed by atoms with Gasteiger partial charge in [0.1, 0.15) is 11.9 Å². The summed E-state index contributed by atoms with van der Waals surface area (Å²) in [5, 5.41) is 6.91. The maximum Gasteiger partial charge on any atom is 0.249 e. The number of fused-ring (bicyclic) bond motifs is 1. The fourth-order valence-electron chi connectivity index (χ4n) is 5.35. The molecule has 2 atom stereocenters. The number of thiophene rings is 1. The van der Waals surface area contributed by atoms with E-state index in [2.05, 4.69) is 36.1 Å². The highest BCUT2D eigenvalue weighted by atomic mass is 32.1. The molecule has 3 N–H and O–H groups in total. The Labute approximate surface area is 236 Å². The number of halogens is 1. The molecule has 1 fully saturated rings. The molecule has 4 aromatic rings. The van der Waals surface area contributed by atoms with E-state index in [1.165, 1.54) is 6.07 Å². The van der Waals surface area contributed by atoms with Crippen molar-refractivity contribution in [3.8, 4) is 21.8 Å². The molecule has 0 aromatic carbocycles. The topological polar surface area (TPSA) is 122 Å². The van der Waals surface area contributed by atoms with E-state index in [0.717, 1.165) is 24.4 Å². The lowest BCUT2D eigenvalue weighted by atomic mass is 9.94. The summed E-state index contributed by atoms with van der Waals surface area (Å²) in [4.78, 5) is 40.1. The molecule has 0 saturated carbocycles. The number of primary amides is 1. The van der Waals surface area contributed by atoms with Crippen molar-refractivity contribution in [2.75, 3.05) is 31.6 Å². The highest BCUT2D eigenvalue weighted by Crippen LogP contribution is 2.35. The first-order valence-corrected chi connectivity index (χ1v) is 14.2. The van der Waals surface area contributed by atoms with Crippen molar-refractivity contribution in [3.05, 3.63) is 52.9 Å². The first kappa shape index (κ1) is 27.7. The molecule has 0 unspecified atom stereocenters. The van der Waals surface area contributed by atoms with Crippen LogP contribution >= 0.6 is 11.3 Å². The molecule has 1 aliphatic heterocycles. The van der Waals surface area contributed by atoms with Gasteiger partial charge >= 0.3 is 0 Å². The molecule has 5 rings (SSSR count). The van der Waals surface area contributed by atoms with Crippen molar-refractivity contribution in [2.24, 2.45) is 5.73 Å². The third kappa shape index (κ3) is 5.04. The van der Waals surface area contributed by atoms with Crippen LogP contribution in [0.4, 0.5) is 10.2 Å². The standard InChI is InChI=1S/C28H33FN8O2S/c1-5-35(6-2)16(3)13-17-18(26(30)38)14-24(36-11-10-21(36)28(39)31-4)34-25(17)19-15-32-37-12-9-20(33-27(19)37)22-7-8-23(29)40-22/h7-9,12,14-16,21H,5-6,10-11,13H2,1-4H3,(H2,30,38)(H,31,39)/t16-,21-/m0/s1. The average Bonchev–Trinajstić information content (AvgIpc) is 3.54. The monoisotopic (exact) mass is 564 g/mol. The molecule has 12 heteroatoms. The number of hydrogen-bond acceptors (Lipinski definition) is 8. The maximum absolute atomic E-state index is 13.8. The van der Waals surface area contributed by atoms with Gasteiger partial charge in [-0.1, -0.05) is 13.8 Å². The van der Waals surface area contributed by atoms with E-state index in [-0.39, 0.29) is 23.1 Å². The summed E-state index contributed by atoms with van der Waals surface area (Å²) in [6, 6.07) is 6.31. The fraction of sp³-hybridized carbons (Fsp3) is 0.393. The van der Waals surface area contributed by atoms with Crippen LogP contribution in [0.3, 0.4) is 0 Å². The highest BCUT2D eigenvalue weighted by molar-refractivity contribution is 7.13. The molecule has 210 valence electrons. The minimum absolute atomic E-state index is 0.0987. The summed E-state index contributed by atoms with van der Waals surface area (Å²) in [7, 11) is 1.60. The van der Waals surface area contributed by atoms with E-state index in [4.69, 9.17) is 15.7 Å². The molecule has 0 radical (unpaired) electrons. The van der Waals surface area contributed by atoms with Crippen molar-refractivity contribution in [2.45, 2.75) is 45.7 Å². The molecule has 10 nitrogen and oxygen atoms in total. The van der Waals surface area contributed by atoms with Crippen LogP contribution < -0.4 is 16.0 Å². The van der Waals surface area contributed by atoms with Gasteiger partial charge in [0.25, 0.3) is 0 Å². The molecule has 0 bridgehead atoms. The van der Waals surface area contributed by atoms with E-state index in [1.807, 2.05) is 4.90 Å². The van der Waals surface area contributed by atoms with E-state index >= 15 is 0 Å². The number of aromatic nitrogens is 4. The maximum atomic E-state index is 13.8. The van der Waals surface area contributed by atoms with Crippen LogP contribution in [0.2, 0.25) is 0 Å². The zero-order valence-corrected chi connectivity index (χ0v) is 23.8. The number of nitrogens with zero attached hydrogens (tertiary/aromatic N) is 6. The molecular formula is C28H33FN8O2S. The van der Waals surface area contributed by atoms with Gasteiger partial charge in [0, 0.05) is 31.4 Å². The Morgan fingerprint density at radius 3 is 2.62 bits per heavy atom. The third-order valence-electron chi connectivity index (χ3n) is 7.62. The van der Waals surface area contributed by atoms with E-state index in [1.54, 1.807) is 42.2 Å². The molecule has 40 heavy (non-hydrogen) atoms. The molecular weight excluding hydrogens is 531 g/mol. The molecule has 1 saturated heterocycles. The molecule has 2 amide bonds. The van der Waals surface area contributed by atoms with Gasteiger partial charge < -0.3 is 20.9 Å². The smallest absolute Gasteiger partial charge is 0.249 e. The Hall–Kier alpha value is -3.90. The van der Waals surface area contributed by atoms with Gasteiger partial charge in [-0.05, 0) is 62.7 Å². The molecule has 1 aliphatic rings. The van der Waals surface area contributed by atoms with Gasteiger partial charge in [-0.2, -0.15) is 9.49 Å². The minimum Gasteiger partial charge on any atom is -0.366 e. The predicted molar refractivity (Wildman–Crippen MR) is 154 cm³/mol. The zero-order chi connectivity index (χ0) is 28.6. The number of hydrogen-bond donors (Lipinski definition) is 2. The Morgan fingerprint density at radius 1 is 1.25 bits per heavy atom. The van der Waals surface area contributed by atoms with Crippen LogP contribution in [0.15, 0.2) is 36.7 Å². The molecule has 4 aromatic heterocycles.